The van der Waals surface area contributed by atoms with Crippen LogP contribution in [0.2, 0.25) is 0 Å². The molecule has 1 aliphatic rings. The van der Waals surface area contributed by atoms with E-state index in [0.717, 1.165) is 18.0 Å². The van der Waals surface area contributed by atoms with Crippen molar-refractivity contribution < 1.29 is 9.47 Å². The van der Waals surface area contributed by atoms with Gasteiger partial charge in [-0.25, -0.2) is 0 Å². The van der Waals surface area contributed by atoms with Crippen LogP contribution in [0.15, 0.2) is 54.6 Å². The SMILES string of the molecule is c1ccc(COc2ccc(OCCNC3CCCC3)cc2)cc1. The second kappa shape index (κ2) is 8.59. The summed E-state index contributed by atoms with van der Waals surface area (Å²) < 4.78 is 11.5. The molecule has 1 saturated carbocycles. The van der Waals surface area contributed by atoms with Gasteiger partial charge in [0.1, 0.15) is 24.7 Å². The van der Waals surface area contributed by atoms with Gasteiger partial charge in [0.15, 0.2) is 0 Å². The minimum Gasteiger partial charge on any atom is -0.492 e. The molecule has 3 nitrogen and oxygen atoms in total. The van der Waals surface area contributed by atoms with Gasteiger partial charge in [0.2, 0.25) is 0 Å². The van der Waals surface area contributed by atoms with Crippen LogP contribution in [0.5, 0.6) is 11.5 Å². The molecule has 0 radical (unpaired) electrons. The quantitative estimate of drug-likeness (QED) is 0.742. The summed E-state index contributed by atoms with van der Waals surface area (Å²) in [5.41, 5.74) is 1.17. The van der Waals surface area contributed by atoms with Gasteiger partial charge in [-0.3, -0.25) is 0 Å². The summed E-state index contributed by atoms with van der Waals surface area (Å²) in [5, 5.41) is 3.55. The Balaban J connectivity index is 1.36. The van der Waals surface area contributed by atoms with Crippen LogP contribution in [-0.4, -0.2) is 19.2 Å². The molecule has 1 fully saturated rings. The van der Waals surface area contributed by atoms with Crippen molar-refractivity contribution in [1.29, 1.82) is 0 Å². The maximum atomic E-state index is 5.77. The van der Waals surface area contributed by atoms with E-state index < -0.39 is 0 Å². The number of rotatable bonds is 8. The Labute approximate surface area is 138 Å². The maximum absolute atomic E-state index is 5.77. The van der Waals surface area contributed by atoms with E-state index >= 15 is 0 Å². The summed E-state index contributed by atoms with van der Waals surface area (Å²) in [4.78, 5) is 0. The summed E-state index contributed by atoms with van der Waals surface area (Å²) in [7, 11) is 0. The maximum Gasteiger partial charge on any atom is 0.120 e. The van der Waals surface area contributed by atoms with E-state index in [-0.39, 0.29) is 0 Å². The highest BCUT2D eigenvalue weighted by Gasteiger charge is 2.13. The third kappa shape index (κ3) is 5.29. The van der Waals surface area contributed by atoms with Crippen molar-refractivity contribution >= 4 is 0 Å². The van der Waals surface area contributed by atoms with Gasteiger partial charge >= 0.3 is 0 Å². The van der Waals surface area contributed by atoms with Crippen molar-refractivity contribution in [2.75, 3.05) is 13.2 Å². The van der Waals surface area contributed by atoms with Crippen molar-refractivity contribution in [3.8, 4) is 11.5 Å². The van der Waals surface area contributed by atoms with E-state index in [1.807, 2.05) is 42.5 Å². The first kappa shape index (κ1) is 15.9. The smallest absolute Gasteiger partial charge is 0.120 e. The molecule has 23 heavy (non-hydrogen) atoms. The Morgan fingerprint density at radius 2 is 1.48 bits per heavy atom. The highest BCUT2D eigenvalue weighted by Crippen LogP contribution is 2.19. The average Bonchev–Trinajstić information content (AvgIpc) is 3.12. The Morgan fingerprint density at radius 3 is 2.17 bits per heavy atom. The third-order valence-corrected chi connectivity index (χ3v) is 4.23. The zero-order chi connectivity index (χ0) is 15.7. The number of nitrogens with one attached hydrogen (secondary N) is 1. The van der Waals surface area contributed by atoms with Crippen molar-refractivity contribution in [2.24, 2.45) is 0 Å². The summed E-state index contributed by atoms with van der Waals surface area (Å²) in [6.07, 6.45) is 5.35. The summed E-state index contributed by atoms with van der Waals surface area (Å²) in [6, 6.07) is 18.7. The van der Waals surface area contributed by atoms with E-state index in [9.17, 15) is 0 Å². The highest BCUT2D eigenvalue weighted by atomic mass is 16.5. The Morgan fingerprint density at radius 1 is 0.826 bits per heavy atom. The molecule has 0 amide bonds. The molecule has 122 valence electrons. The molecule has 1 N–H and O–H groups in total. The number of benzene rings is 2. The Bertz CT molecular complexity index is 562. The van der Waals surface area contributed by atoms with E-state index in [1.54, 1.807) is 0 Å². The van der Waals surface area contributed by atoms with Crippen LogP contribution >= 0.6 is 0 Å². The fourth-order valence-corrected chi connectivity index (χ4v) is 2.93. The third-order valence-electron chi connectivity index (χ3n) is 4.23. The van der Waals surface area contributed by atoms with E-state index in [0.29, 0.717) is 19.3 Å². The fourth-order valence-electron chi connectivity index (χ4n) is 2.93. The van der Waals surface area contributed by atoms with Gasteiger partial charge < -0.3 is 14.8 Å². The Kier molecular flexibility index (Phi) is 5.93. The van der Waals surface area contributed by atoms with Crippen molar-refractivity contribution in [1.82, 2.24) is 5.32 Å². The van der Waals surface area contributed by atoms with Crippen LogP contribution in [-0.2, 0) is 6.61 Å². The Hall–Kier alpha value is -2.00. The fraction of sp³-hybridized carbons (Fsp3) is 0.400. The molecule has 2 aromatic carbocycles. The minimum absolute atomic E-state index is 0.590. The predicted octanol–water partition coefficient (Wildman–Crippen LogP) is 4.18. The highest BCUT2D eigenvalue weighted by molar-refractivity contribution is 5.31. The molecule has 0 aliphatic heterocycles. The number of hydrogen-bond donors (Lipinski definition) is 1. The first-order chi connectivity index (χ1) is 11.4. The van der Waals surface area contributed by atoms with Crippen molar-refractivity contribution in [3.05, 3.63) is 60.2 Å². The van der Waals surface area contributed by atoms with E-state index in [4.69, 9.17) is 9.47 Å². The van der Waals surface area contributed by atoms with Crippen LogP contribution < -0.4 is 14.8 Å². The zero-order valence-corrected chi connectivity index (χ0v) is 13.5. The lowest BCUT2D eigenvalue weighted by Crippen LogP contribution is -2.30. The van der Waals surface area contributed by atoms with Gasteiger partial charge in [-0.2, -0.15) is 0 Å². The molecule has 2 aromatic rings. The van der Waals surface area contributed by atoms with Gasteiger partial charge in [0, 0.05) is 12.6 Å². The summed E-state index contributed by atoms with van der Waals surface area (Å²) in [5.74, 6) is 1.76. The average molecular weight is 311 g/mol. The molecular formula is C20H25NO2. The molecule has 0 aromatic heterocycles. The number of ether oxygens (including phenoxy) is 2. The standard InChI is InChI=1S/C20H25NO2/c1-2-6-17(7-3-1)16-23-20-12-10-19(11-13-20)22-15-14-21-18-8-4-5-9-18/h1-3,6-7,10-13,18,21H,4-5,8-9,14-16H2. The van der Waals surface area contributed by atoms with Gasteiger partial charge in [0.05, 0.1) is 0 Å². The molecule has 3 heteroatoms. The molecule has 0 heterocycles. The molecule has 3 rings (SSSR count). The van der Waals surface area contributed by atoms with Gasteiger partial charge in [0.25, 0.3) is 0 Å². The van der Waals surface area contributed by atoms with E-state index in [2.05, 4.69) is 17.4 Å². The van der Waals surface area contributed by atoms with E-state index in [1.165, 1.54) is 31.2 Å². The number of hydrogen-bond acceptors (Lipinski definition) is 3. The second-order valence-electron chi connectivity index (χ2n) is 6.03. The molecule has 0 bridgehead atoms. The van der Waals surface area contributed by atoms with Crippen LogP contribution in [0, 0.1) is 0 Å². The van der Waals surface area contributed by atoms with Crippen molar-refractivity contribution in [3.63, 3.8) is 0 Å². The summed E-state index contributed by atoms with van der Waals surface area (Å²) >= 11 is 0. The molecule has 0 spiro atoms. The summed E-state index contributed by atoms with van der Waals surface area (Å²) in [6.45, 7) is 2.21. The second-order valence-corrected chi connectivity index (χ2v) is 6.03. The van der Waals surface area contributed by atoms with Gasteiger partial charge in [-0.15, -0.1) is 0 Å². The van der Waals surface area contributed by atoms with Crippen molar-refractivity contribution in [2.45, 2.75) is 38.3 Å². The first-order valence-electron chi connectivity index (χ1n) is 8.53. The largest absolute Gasteiger partial charge is 0.492 e. The first-order valence-corrected chi connectivity index (χ1v) is 8.53. The molecule has 1 aliphatic carbocycles. The van der Waals surface area contributed by atoms with Crippen LogP contribution in [0.4, 0.5) is 0 Å². The topological polar surface area (TPSA) is 30.5 Å². The van der Waals surface area contributed by atoms with Crippen LogP contribution in [0.25, 0.3) is 0 Å². The van der Waals surface area contributed by atoms with Crippen LogP contribution in [0.1, 0.15) is 31.2 Å². The molecule has 0 saturated heterocycles. The lowest BCUT2D eigenvalue weighted by Gasteiger charge is -2.12. The molecule has 0 unspecified atom stereocenters. The van der Waals surface area contributed by atoms with Gasteiger partial charge in [-0.05, 0) is 42.7 Å². The normalized spacial score (nSPS) is 14.8. The minimum atomic E-state index is 0.590. The monoisotopic (exact) mass is 311 g/mol. The molecule has 0 atom stereocenters. The predicted molar refractivity (Wildman–Crippen MR) is 93.0 cm³/mol. The van der Waals surface area contributed by atoms with Crippen LogP contribution in [0.3, 0.4) is 0 Å². The zero-order valence-electron chi connectivity index (χ0n) is 13.5. The lowest BCUT2D eigenvalue weighted by atomic mass is 10.2. The molecular weight excluding hydrogens is 286 g/mol. The van der Waals surface area contributed by atoms with Gasteiger partial charge in [-0.1, -0.05) is 43.2 Å². The lowest BCUT2D eigenvalue weighted by molar-refractivity contribution is 0.297.